The largest absolute Gasteiger partial charge is 0.448 e. The number of hydrogen-bond donors (Lipinski definition) is 1. The SMILES string of the molecule is CCOC(=O)n1[nH]c(=O)nc1-c1ccccc1. The summed E-state index contributed by atoms with van der Waals surface area (Å²) in [6, 6.07) is 8.94. The first-order valence-corrected chi connectivity index (χ1v) is 5.14. The van der Waals surface area contributed by atoms with E-state index in [0.29, 0.717) is 5.56 Å². The fraction of sp³-hybridized carbons (Fsp3) is 0.182. The van der Waals surface area contributed by atoms with Crippen molar-refractivity contribution in [2.45, 2.75) is 6.92 Å². The third-order valence-electron chi connectivity index (χ3n) is 2.11. The lowest BCUT2D eigenvalue weighted by Gasteiger charge is -2.04. The van der Waals surface area contributed by atoms with Crippen LogP contribution in [0, 0.1) is 0 Å². The molecule has 0 atom stereocenters. The highest BCUT2D eigenvalue weighted by Gasteiger charge is 2.15. The van der Waals surface area contributed by atoms with E-state index in [4.69, 9.17) is 4.74 Å². The minimum atomic E-state index is -0.652. The molecule has 1 aromatic heterocycles. The van der Waals surface area contributed by atoms with Crippen LogP contribution in [0.1, 0.15) is 6.92 Å². The van der Waals surface area contributed by atoms with Crippen molar-refractivity contribution in [2.24, 2.45) is 0 Å². The Morgan fingerprint density at radius 3 is 2.76 bits per heavy atom. The minimum Gasteiger partial charge on any atom is -0.448 e. The summed E-state index contributed by atoms with van der Waals surface area (Å²) in [5.41, 5.74) is 0.0795. The molecule has 0 aliphatic heterocycles. The summed E-state index contributed by atoms with van der Waals surface area (Å²) >= 11 is 0. The maximum Gasteiger partial charge on any atom is 0.435 e. The highest BCUT2D eigenvalue weighted by atomic mass is 16.6. The highest BCUT2D eigenvalue weighted by Crippen LogP contribution is 2.14. The Bertz CT molecular complexity index is 571. The quantitative estimate of drug-likeness (QED) is 0.846. The lowest BCUT2D eigenvalue weighted by atomic mass is 10.2. The van der Waals surface area contributed by atoms with Crippen LogP contribution in [0.15, 0.2) is 35.1 Å². The summed E-state index contributed by atoms with van der Waals surface area (Å²) in [5, 5.41) is 2.30. The van der Waals surface area contributed by atoms with E-state index in [1.807, 2.05) is 6.07 Å². The van der Waals surface area contributed by atoms with Gasteiger partial charge in [-0.2, -0.15) is 9.67 Å². The summed E-state index contributed by atoms with van der Waals surface area (Å²) in [4.78, 5) is 26.5. The second kappa shape index (κ2) is 4.65. The first-order chi connectivity index (χ1) is 8.22. The number of nitrogens with zero attached hydrogens (tertiary/aromatic N) is 2. The van der Waals surface area contributed by atoms with Crippen molar-refractivity contribution in [3.8, 4) is 11.4 Å². The standard InChI is InChI=1S/C11H11N3O3/c1-2-17-11(16)14-9(12-10(15)13-14)8-6-4-3-5-7-8/h3-7H,2H2,1H3,(H,13,15). The van der Waals surface area contributed by atoms with Crippen molar-refractivity contribution < 1.29 is 9.53 Å². The number of benzene rings is 1. The summed E-state index contributed by atoms with van der Waals surface area (Å²) in [6.07, 6.45) is -0.652. The van der Waals surface area contributed by atoms with Gasteiger partial charge in [0.05, 0.1) is 6.61 Å². The molecule has 1 N–H and O–H groups in total. The van der Waals surface area contributed by atoms with Crippen LogP contribution in [0.2, 0.25) is 0 Å². The average molecular weight is 233 g/mol. The maximum atomic E-state index is 11.6. The Morgan fingerprint density at radius 1 is 1.41 bits per heavy atom. The molecule has 0 saturated carbocycles. The second-order valence-corrected chi connectivity index (χ2v) is 3.25. The van der Waals surface area contributed by atoms with Gasteiger partial charge < -0.3 is 4.74 Å². The monoisotopic (exact) mass is 233 g/mol. The number of H-pyrrole nitrogens is 1. The van der Waals surface area contributed by atoms with Gasteiger partial charge in [0, 0.05) is 5.56 Å². The summed E-state index contributed by atoms with van der Waals surface area (Å²) < 4.78 is 5.82. The van der Waals surface area contributed by atoms with Crippen LogP contribution in [-0.4, -0.2) is 27.5 Å². The average Bonchev–Trinajstić information content (AvgIpc) is 2.73. The van der Waals surface area contributed by atoms with Gasteiger partial charge in [-0.3, -0.25) is 0 Å². The third-order valence-corrected chi connectivity index (χ3v) is 2.11. The van der Waals surface area contributed by atoms with Crippen LogP contribution in [0.25, 0.3) is 11.4 Å². The molecule has 0 fully saturated rings. The van der Waals surface area contributed by atoms with Gasteiger partial charge in [0.2, 0.25) is 0 Å². The molecule has 1 aromatic carbocycles. The molecule has 0 unspecified atom stereocenters. The molecular formula is C11H11N3O3. The zero-order valence-corrected chi connectivity index (χ0v) is 9.21. The second-order valence-electron chi connectivity index (χ2n) is 3.25. The Balaban J connectivity index is 2.48. The first-order valence-electron chi connectivity index (χ1n) is 5.14. The van der Waals surface area contributed by atoms with Crippen LogP contribution in [-0.2, 0) is 4.74 Å². The zero-order valence-electron chi connectivity index (χ0n) is 9.21. The number of carbonyl (C=O) groups is 1. The molecular weight excluding hydrogens is 222 g/mol. The summed E-state index contributed by atoms with van der Waals surface area (Å²) in [7, 11) is 0. The summed E-state index contributed by atoms with van der Waals surface area (Å²) in [5.74, 6) is 0.244. The number of rotatable bonds is 2. The highest BCUT2D eigenvalue weighted by molar-refractivity contribution is 5.75. The van der Waals surface area contributed by atoms with Crippen molar-refractivity contribution >= 4 is 6.09 Å². The van der Waals surface area contributed by atoms with Crippen LogP contribution in [0.4, 0.5) is 4.79 Å². The molecule has 0 saturated heterocycles. The molecule has 0 amide bonds. The number of ether oxygens (including phenoxy) is 1. The summed E-state index contributed by atoms with van der Waals surface area (Å²) in [6.45, 7) is 1.92. The fourth-order valence-electron chi connectivity index (χ4n) is 1.42. The Kier molecular flexibility index (Phi) is 3.04. The van der Waals surface area contributed by atoms with Gasteiger partial charge in [0.25, 0.3) is 0 Å². The van der Waals surface area contributed by atoms with E-state index in [9.17, 15) is 9.59 Å². The van der Waals surface area contributed by atoms with E-state index >= 15 is 0 Å². The minimum absolute atomic E-state index is 0.229. The van der Waals surface area contributed by atoms with E-state index in [1.54, 1.807) is 31.2 Å². The fourth-order valence-corrected chi connectivity index (χ4v) is 1.42. The molecule has 0 aliphatic rings. The molecule has 0 bridgehead atoms. The van der Waals surface area contributed by atoms with Crippen molar-refractivity contribution in [3.05, 3.63) is 40.8 Å². The van der Waals surface area contributed by atoms with Crippen molar-refractivity contribution in [2.75, 3.05) is 6.61 Å². The van der Waals surface area contributed by atoms with Gasteiger partial charge >= 0.3 is 11.8 Å². The molecule has 0 aliphatic carbocycles. The van der Waals surface area contributed by atoms with E-state index in [1.165, 1.54) is 0 Å². The molecule has 2 aromatic rings. The van der Waals surface area contributed by atoms with Gasteiger partial charge in [-0.15, -0.1) is 0 Å². The lowest BCUT2D eigenvalue weighted by molar-refractivity contribution is 0.150. The molecule has 88 valence electrons. The van der Waals surface area contributed by atoms with E-state index in [2.05, 4.69) is 10.1 Å². The zero-order chi connectivity index (χ0) is 12.3. The number of aromatic amines is 1. The van der Waals surface area contributed by atoms with Crippen LogP contribution >= 0.6 is 0 Å². The molecule has 2 rings (SSSR count). The predicted octanol–water partition coefficient (Wildman–Crippen LogP) is 1.24. The van der Waals surface area contributed by atoms with E-state index in [0.717, 1.165) is 4.68 Å². The Morgan fingerprint density at radius 2 is 2.12 bits per heavy atom. The Labute approximate surface area is 96.8 Å². The maximum absolute atomic E-state index is 11.6. The van der Waals surface area contributed by atoms with Gasteiger partial charge in [-0.1, -0.05) is 30.3 Å². The van der Waals surface area contributed by atoms with E-state index < -0.39 is 11.8 Å². The predicted molar refractivity (Wildman–Crippen MR) is 60.7 cm³/mol. The van der Waals surface area contributed by atoms with Crippen LogP contribution in [0.5, 0.6) is 0 Å². The lowest BCUT2D eigenvalue weighted by Crippen LogP contribution is -2.18. The molecule has 6 nitrogen and oxygen atoms in total. The number of carbonyl (C=O) groups excluding carboxylic acids is 1. The van der Waals surface area contributed by atoms with Crippen molar-refractivity contribution in [1.29, 1.82) is 0 Å². The molecule has 17 heavy (non-hydrogen) atoms. The van der Waals surface area contributed by atoms with Crippen molar-refractivity contribution in [1.82, 2.24) is 14.8 Å². The first kappa shape index (κ1) is 11.1. The smallest absolute Gasteiger partial charge is 0.435 e. The van der Waals surface area contributed by atoms with Crippen LogP contribution in [0.3, 0.4) is 0 Å². The van der Waals surface area contributed by atoms with Gasteiger partial charge in [-0.25, -0.2) is 14.7 Å². The topological polar surface area (TPSA) is 77.0 Å². The molecule has 0 spiro atoms. The van der Waals surface area contributed by atoms with Crippen LogP contribution < -0.4 is 5.69 Å². The molecule has 0 radical (unpaired) electrons. The van der Waals surface area contributed by atoms with Gasteiger partial charge in [0.15, 0.2) is 5.82 Å². The number of hydrogen-bond acceptors (Lipinski definition) is 4. The number of aromatic nitrogens is 3. The normalized spacial score (nSPS) is 10.2. The Hall–Kier alpha value is -2.37. The molecule has 6 heteroatoms. The molecule has 1 heterocycles. The van der Waals surface area contributed by atoms with Crippen molar-refractivity contribution in [3.63, 3.8) is 0 Å². The third kappa shape index (κ3) is 2.25. The number of nitrogens with one attached hydrogen (secondary N) is 1. The van der Waals surface area contributed by atoms with Gasteiger partial charge in [0.1, 0.15) is 0 Å². The van der Waals surface area contributed by atoms with Gasteiger partial charge in [-0.05, 0) is 6.92 Å². The van der Waals surface area contributed by atoms with E-state index in [-0.39, 0.29) is 12.4 Å².